The van der Waals surface area contributed by atoms with Crippen LogP contribution in [0.2, 0.25) is 0 Å². The highest BCUT2D eigenvalue weighted by Crippen LogP contribution is 2.25. The van der Waals surface area contributed by atoms with E-state index in [0.717, 1.165) is 0 Å². The van der Waals surface area contributed by atoms with Gasteiger partial charge in [0.05, 0.1) is 18.1 Å². The van der Waals surface area contributed by atoms with Gasteiger partial charge >= 0.3 is 0 Å². The van der Waals surface area contributed by atoms with Crippen molar-refractivity contribution in [1.82, 2.24) is 4.31 Å². The summed E-state index contributed by atoms with van der Waals surface area (Å²) in [6.07, 6.45) is 0. The molecule has 0 unspecified atom stereocenters. The standard InChI is InChI=1S/C21H26N4O5S/c1-14-3-6-18(13-19(14)31(28,29)25-9-11-30-12-10-25)23-15(2)21(27)24-17-7-4-16(5-8-17)20(22)26/h3-8,13,15,23H,9-12H2,1-2H3,(H2,22,26)(H,24,27)/t15-/m0/s1. The number of hydrogen-bond donors (Lipinski definition) is 3. The summed E-state index contributed by atoms with van der Waals surface area (Å²) >= 11 is 0. The molecule has 31 heavy (non-hydrogen) atoms. The Morgan fingerprint density at radius 3 is 2.29 bits per heavy atom. The van der Waals surface area contributed by atoms with E-state index in [1.165, 1.54) is 16.4 Å². The predicted molar refractivity (Wildman–Crippen MR) is 117 cm³/mol. The van der Waals surface area contributed by atoms with Crippen molar-refractivity contribution in [2.75, 3.05) is 36.9 Å². The maximum atomic E-state index is 13.0. The molecule has 1 saturated heterocycles. The van der Waals surface area contributed by atoms with Crippen LogP contribution in [0.15, 0.2) is 47.4 Å². The quantitative estimate of drug-likeness (QED) is 0.592. The van der Waals surface area contributed by atoms with Gasteiger partial charge in [-0.05, 0) is 55.8 Å². The summed E-state index contributed by atoms with van der Waals surface area (Å²) in [5, 5.41) is 5.78. The van der Waals surface area contributed by atoms with Gasteiger partial charge in [-0.2, -0.15) is 4.31 Å². The molecule has 1 heterocycles. The average Bonchev–Trinajstić information content (AvgIpc) is 2.76. The minimum atomic E-state index is -3.66. The minimum absolute atomic E-state index is 0.203. The van der Waals surface area contributed by atoms with Crippen LogP contribution in [0.1, 0.15) is 22.8 Å². The molecular formula is C21H26N4O5S. The number of amides is 2. The van der Waals surface area contributed by atoms with Gasteiger partial charge in [0.15, 0.2) is 0 Å². The fourth-order valence-corrected chi connectivity index (χ4v) is 4.84. The number of primary amides is 1. The summed E-state index contributed by atoms with van der Waals surface area (Å²) in [6, 6.07) is 10.6. The maximum Gasteiger partial charge on any atom is 0.248 e. The lowest BCUT2D eigenvalue weighted by Crippen LogP contribution is -2.40. The second-order valence-corrected chi connectivity index (χ2v) is 9.20. The Labute approximate surface area is 181 Å². The van der Waals surface area contributed by atoms with Crippen LogP contribution in [0.4, 0.5) is 11.4 Å². The average molecular weight is 447 g/mol. The van der Waals surface area contributed by atoms with Crippen LogP contribution in [0, 0.1) is 6.92 Å². The monoisotopic (exact) mass is 446 g/mol. The molecule has 0 aromatic heterocycles. The van der Waals surface area contributed by atoms with Crippen molar-refractivity contribution in [1.29, 1.82) is 0 Å². The van der Waals surface area contributed by atoms with E-state index in [4.69, 9.17) is 10.5 Å². The van der Waals surface area contributed by atoms with Crippen LogP contribution in [0.3, 0.4) is 0 Å². The number of ether oxygens (including phenoxy) is 1. The molecule has 1 fully saturated rings. The number of nitrogens with one attached hydrogen (secondary N) is 2. The maximum absolute atomic E-state index is 13.0. The van der Waals surface area contributed by atoms with Crippen molar-refractivity contribution in [2.24, 2.45) is 5.73 Å². The Balaban J connectivity index is 1.71. The Morgan fingerprint density at radius 2 is 1.68 bits per heavy atom. The van der Waals surface area contributed by atoms with Crippen LogP contribution < -0.4 is 16.4 Å². The lowest BCUT2D eigenvalue weighted by atomic mass is 10.2. The number of carbonyl (C=O) groups excluding carboxylic acids is 2. The first-order valence-corrected chi connectivity index (χ1v) is 11.3. The van der Waals surface area contributed by atoms with Gasteiger partial charge in [-0.3, -0.25) is 9.59 Å². The molecule has 2 aromatic carbocycles. The molecule has 1 aliphatic rings. The third-order valence-corrected chi connectivity index (χ3v) is 7.03. The zero-order valence-electron chi connectivity index (χ0n) is 17.4. The Morgan fingerprint density at radius 1 is 1.06 bits per heavy atom. The molecule has 9 nitrogen and oxygen atoms in total. The molecule has 0 aliphatic carbocycles. The molecular weight excluding hydrogens is 420 g/mol. The third-order valence-electron chi connectivity index (χ3n) is 4.99. The van der Waals surface area contributed by atoms with Crippen molar-refractivity contribution in [3.05, 3.63) is 53.6 Å². The first kappa shape index (κ1) is 22.7. The summed E-state index contributed by atoms with van der Waals surface area (Å²) in [5.74, 6) is -0.861. The van der Waals surface area contributed by atoms with E-state index in [9.17, 15) is 18.0 Å². The number of morpholine rings is 1. The minimum Gasteiger partial charge on any atom is -0.379 e. The van der Waals surface area contributed by atoms with E-state index in [2.05, 4.69) is 10.6 Å². The van der Waals surface area contributed by atoms with Crippen LogP contribution in [0.25, 0.3) is 0 Å². The van der Waals surface area contributed by atoms with E-state index < -0.39 is 22.0 Å². The lowest BCUT2D eigenvalue weighted by Gasteiger charge is -2.27. The smallest absolute Gasteiger partial charge is 0.248 e. The summed E-state index contributed by atoms with van der Waals surface area (Å²) < 4.78 is 32.7. The zero-order valence-corrected chi connectivity index (χ0v) is 18.2. The summed E-state index contributed by atoms with van der Waals surface area (Å²) in [5.41, 5.74) is 7.22. The molecule has 166 valence electrons. The largest absolute Gasteiger partial charge is 0.379 e. The van der Waals surface area contributed by atoms with Crippen molar-refractivity contribution in [2.45, 2.75) is 24.8 Å². The SMILES string of the molecule is Cc1ccc(N[C@@H](C)C(=O)Nc2ccc(C(N)=O)cc2)cc1S(=O)(=O)N1CCOCC1. The lowest BCUT2D eigenvalue weighted by molar-refractivity contribution is -0.116. The fraction of sp³-hybridized carbons (Fsp3) is 0.333. The molecule has 0 saturated carbocycles. The van der Waals surface area contributed by atoms with Gasteiger partial charge in [-0.25, -0.2) is 8.42 Å². The van der Waals surface area contributed by atoms with Gasteiger partial charge in [0.25, 0.3) is 0 Å². The molecule has 2 amide bonds. The Bertz CT molecular complexity index is 1060. The highest BCUT2D eigenvalue weighted by molar-refractivity contribution is 7.89. The van der Waals surface area contributed by atoms with Crippen LogP contribution in [0.5, 0.6) is 0 Å². The van der Waals surface area contributed by atoms with E-state index in [1.807, 2.05) is 0 Å². The summed E-state index contributed by atoms with van der Waals surface area (Å²) in [6.45, 7) is 4.77. The molecule has 1 aliphatic heterocycles. The van der Waals surface area contributed by atoms with Crippen LogP contribution in [-0.4, -0.2) is 56.9 Å². The predicted octanol–water partition coefficient (Wildman–Crippen LogP) is 1.55. The number of hydrogen-bond acceptors (Lipinski definition) is 6. The van der Waals surface area contributed by atoms with E-state index in [1.54, 1.807) is 44.2 Å². The first-order valence-electron chi connectivity index (χ1n) is 9.84. The second kappa shape index (κ2) is 9.46. The third kappa shape index (κ3) is 5.40. The number of nitrogens with two attached hydrogens (primary N) is 1. The Hall–Kier alpha value is -2.95. The number of anilines is 2. The van der Waals surface area contributed by atoms with Gasteiger partial charge < -0.3 is 21.1 Å². The molecule has 4 N–H and O–H groups in total. The van der Waals surface area contributed by atoms with Gasteiger partial charge in [0.1, 0.15) is 6.04 Å². The van der Waals surface area contributed by atoms with Gasteiger partial charge in [0, 0.05) is 30.0 Å². The highest BCUT2D eigenvalue weighted by atomic mass is 32.2. The number of nitrogens with zero attached hydrogens (tertiary/aromatic N) is 1. The highest BCUT2D eigenvalue weighted by Gasteiger charge is 2.28. The molecule has 0 spiro atoms. The zero-order chi connectivity index (χ0) is 22.6. The van der Waals surface area contributed by atoms with Crippen LogP contribution in [-0.2, 0) is 19.6 Å². The van der Waals surface area contributed by atoms with Gasteiger partial charge in [0.2, 0.25) is 21.8 Å². The number of carbonyl (C=O) groups is 2. The van der Waals surface area contributed by atoms with Crippen molar-refractivity contribution < 1.29 is 22.7 Å². The van der Waals surface area contributed by atoms with E-state index in [-0.39, 0.29) is 10.8 Å². The molecule has 10 heteroatoms. The van der Waals surface area contributed by atoms with Crippen molar-refractivity contribution >= 4 is 33.2 Å². The number of aryl methyl sites for hydroxylation is 1. The molecule has 0 radical (unpaired) electrons. The fourth-order valence-electron chi connectivity index (χ4n) is 3.18. The molecule has 1 atom stereocenters. The molecule has 3 rings (SSSR count). The molecule has 0 bridgehead atoms. The van der Waals surface area contributed by atoms with Crippen LogP contribution >= 0.6 is 0 Å². The van der Waals surface area contributed by atoms with Crippen molar-refractivity contribution in [3.8, 4) is 0 Å². The number of benzene rings is 2. The number of sulfonamides is 1. The Kier molecular flexibility index (Phi) is 6.94. The van der Waals surface area contributed by atoms with E-state index >= 15 is 0 Å². The second-order valence-electron chi connectivity index (χ2n) is 7.29. The van der Waals surface area contributed by atoms with E-state index in [0.29, 0.717) is 48.8 Å². The van der Waals surface area contributed by atoms with Gasteiger partial charge in [-0.1, -0.05) is 6.07 Å². The summed E-state index contributed by atoms with van der Waals surface area (Å²) in [4.78, 5) is 23.9. The van der Waals surface area contributed by atoms with Crippen molar-refractivity contribution in [3.63, 3.8) is 0 Å². The first-order chi connectivity index (χ1) is 14.7. The van der Waals surface area contributed by atoms with Gasteiger partial charge in [-0.15, -0.1) is 0 Å². The molecule has 2 aromatic rings. The summed E-state index contributed by atoms with van der Waals surface area (Å²) in [7, 11) is -3.66. The topological polar surface area (TPSA) is 131 Å². The normalized spacial score (nSPS) is 15.8. The number of rotatable bonds is 7.